The largest absolute Gasteiger partial charge is 0.283 e. The molecule has 0 radical (unpaired) electrons. The van der Waals surface area contributed by atoms with E-state index in [4.69, 9.17) is 6.42 Å². The van der Waals surface area contributed by atoms with Crippen LogP contribution in [0.25, 0.3) is 0 Å². The fourth-order valence-electron chi connectivity index (χ4n) is 3.31. The zero-order valence-corrected chi connectivity index (χ0v) is 14.9. The Labute approximate surface area is 143 Å². The van der Waals surface area contributed by atoms with Gasteiger partial charge >= 0.3 is 0 Å². The van der Waals surface area contributed by atoms with Gasteiger partial charge in [-0.1, -0.05) is 30.2 Å². The van der Waals surface area contributed by atoms with Gasteiger partial charge in [0, 0.05) is 19.1 Å². The lowest BCUT2D eigenvalue weighted by Gasteiger charge is -2.34. The summed E-state index contributed by atoms with van der Waals surface area (Å²) in [6, 6.07) is 7.17. The molecular weight excluding hydrogens is 348 g/mol. The summed E-state index contributed by atoms with van der Waals surface area (Å²) in [7, 11) is -6.99. The SMILES string of the molecule is C#CCN(C1CCS(=O)(=O)C1)S(=O)(=O)N1CCc2ccccc2C1. The molecule has 1 atom stereocenters. The maximum atomic E-state index is 13.0. The van der Waals surface area contributed by atoms with Gasteiger partial charge in [0.1, 0.15) is 0 Å². The average molecular weight is 368 g/mol. The van der Waals surface area contributed by atoms with Crippen molar-refractivity contribution < 1.29 is 16.8 Å². The van der Waals surface area contributed by atoms with E-state index in [0.29, 0.717) is 25.9 Å². The van der Waals surface area contributed by atoms with E-state index in [2.05, 4.69) is 5.92 Å². The van der Waals surface area contributed by atoms with E-state index in [9.17, 15) is 16.8 Å². The van der Waals surface area contributed by atoms with Crippen LogP contribution >= 0.6 is 0 Å². The lowest BCUT2D eigenvalue weighted by Crippen LogP contribution is -2.50. The molecule has 0 spiro atoms. The van der Waals surface area contributed by atoms with Gasteiger partial charge in [0.25, 0.3) is 10.2 Å². The first-order valence-corrected chi connectivity index (χ1v) is 11.0. The quantitative estimate of drug-likeness (QED) is 0.722. The number of hydrogen-bond donors (Lipinski definition) is 0. The maximum Gasteiger partial charge on any atom is 0.283 e. The van der Waals surface area contributed by atoms with Crippen molar-refractivity contribution in [1.82, 2.24) is 8.61 Å². The molecule has 2 aliphatic heterocycles. The Kier molecular flexibility index (Phi) is 4.71. The van der Waals surface area contributed by atoms with Crippen LogP contribution in [0.4, 0.5) is 0 Å². The number of hydrogen-bond acceptors (Lipinski definition) is 4. The molecule has 2 aliphatic rings. The Morgan fingerprint density at radius 1 is 1.29 bits per heavy atom. The van der Waals surface area contributed by atoms with Gasteiger partial charge < -0.3 is 0 Å². The molecule has 0 bridgehead atoms. The average Bonchev–Trinajstić information content (AvgIpc) is 2.91. The van der Waals surface area contributed by atoms with Gasteiger partial charge in [-0.3, -0.25) is 0 Å². The number of nitrogens with zero attached hydrogens (tertiary/aromatic N) is 2. The summed E-state index contributed by atoms with van der Waals surface area (Å²) in [5, 5.41) is 0. The molecule has 0 N–H and O–H groups in total. The Balaban J connectivity index is 1.86. The minimum absolute atomic E-state index is 0.0110. The van der Waals surface area contributed by atoms with Crippen molar-refractivity contribution in [3.63, 3.8) is 0 Å². The smallest absolute Gasteiger partial charge is 0.229 e. The van der Waals surface area contributed by atoms with E-state index in [1.165, 1.54) is 8.61 Å². The topological polar surface area (TPSA) is 74.8 Å². The van der Waals surface area contributed by atoms with Crippen LogP contribution < -0.4 is 0 Å². The van der Waals surface area contributed by atoms with Gasteiger partial charge in [0.05, 0.1) is 18.1 Å². The van der Waals surface area contributed by atoms with Crippen LogP contribution in [0.5, 0.6) is 0 Å². The molecular formula is C16H20N2O4S2. The van der Waals surface area contributed by atoms with Gasteiger partial charge in [0.15, 0.2) is 9.84 Å². The molecule has 8 heteroatoms. The molecule has 3 rings (SSSR count). The van der Waals surface area contributed by atoms with E-state index < -0.39 is 26.1 Å². The van der Waals surface area contributed by atoms with Crippen molar-refractivity contribution in [2.24, 2.45) is 0 Å². The number of terminal acetylenes is 1. The van der Waals surface area contributed by atoms with Crippen LogP contribution in [-0.2, 0) is 33.0 Å². The summed E-state index contributed by atoms with van der Waals surface area (Å²) >= 11 is 0. The second kappa shape index (κ2) is 6.48. The lowest BCUT2D eigenvalue weighted by atomic mass is 10.0. The van der Waals surface area contributed by atoms with Crippen molar-refractivity contribution in [3.05, 3.63) is 35.4 Å². The predicted octanol–water partition coefficient (Wildman–Crippen LogP) is 0.412. The van der Waals surface area contributed by atoms with Gasteiger partial charge in [-0.05, 0) is 24.0 Å². The van der Waals surface area contributed by atoms with E-state index in [-0.39, 0.29) is 18.1 Å². The fourth-order valence-corrected chi connectivity index (χ4v) is 6.85. The van der Waals surface area contributed by atoms with Gasteiger partial charge in [0.2, 0.25) is 0 Å². The maximum absolute atomic E-state index is 13.0. The van der Waals surface area contributed by atoms with Gasteiger partial charge in [-0.25, -0.2) is 8.42 Å². The number of benzene rings is 1. The highest BCUT2D eigenvalue weighted by molar-refractivity contribution is 7.91. The summed E-state index contributed by atoms with van der Waals surface area (Å²) in [6.45, 7) is 0.555. The van der Waals surface area contributed by atoms with Crippen LogP contribution in [-0.4, -0.2) is 56.1 Å². The van der Waals surface area contributed by atoms with E-state index in [1.54, 1.807) is 0 Å². The Morgan fingerprint density at radius 3 is 2.62 bits per heavy atom. The Hall–Kier alpha value is -1.40. The zero-order chi connectivity index (χ0) is 17.4. The Morgan fingerprint density at radius 2 is 2.00 bits per heavy atom. The van der Waals surface area contributed by atoms with Gasteiger partial charge in [-0.15, -0.1) is 6.42 Å². The summed E-state index contributed by atoms with van der Waals surface area (Å²) in [4.78, 5) is 0. The third-order valence-electron chi connectivity index (χ3n) is 4.58. The van der Waals surface area contributed by atoms with Crippen molar-refractivity contribution in [2.45, 2.75) is 25.4 Å². The minimum atomic E-state index is -3.80. The van der Waals surface area contributed by atoms with Crippen LogP contribution in [0.1, 0.15) is 17.5 Å². The van der Waals surface area contributed by atoms with Crippen molar-refractivity contribution in [1.29, 1.82) is 0 Å². The highest BCUT2D eigenvalue weighted by Gasteiger charge is 2.41. The standard InChI is InChI=1S/C16H20N2O4S2/c1-2-9-18(16-8-11-23(19,20)13-16)24(21,22)17-10-7-14-5-3-4-6-15(14)12-17/h1,3-6,16H,7-13H2. The molecule has 0 aromatic heterocycles. The number of rotatable bonds is 4. The monoisotopic (exact) mass is 368 g/mol. The molecule has 24 heavy (non-hydrogen) atoms. The summed E-state index contributed by atoms with van der Waals surface area (Å²) < 4.78 is 52.1. The van der Waals surface area contributed by atoms with E-state index >= 15 is 0 Å². The fraction of sp³-hybridized carbons (Fsp3) is 0.500. The second-order valence-corrected chi connectivity index (χ2v) is 10.3. The molecule has 2 heterocycles. The first-order chi connectivity index (χ1) is 11.3. The molecule has 1 aromatic rings. The van der Waals surface area contributed by atoms with Crippen molar-refractivity contribution in [3.8, 4) is 12.3 Å². The van der Waals surface area contributed by atoms with E-state index in [1.807, 2.05) is 24.3 Å². The first-order valence-electron chi connectivity index (χ1n) is 7.81. The third-order valence-corrected chi connectivity index (χ3v) is 8.32. The first kappa shape index (κ1) is 17.4. The van der Waals surface area contributed by atoms with Crippen LogP contribution in [0.3, 0.4) is 0 Å². The number of sulfone groups is 1. The molecule has 0 saturated carbocycles. The predicted molar refractivity (Wildman–Crippen MR) is 92.1 cm³/mol. The normalized spacial score (nSPS) is 23.8. The van der Waals surface area contributed by atoms with E-state index in [0.717, 1.165) is 11.1 Å². The molecule has 130 valence electrons. The van der Waals surface area contributed by atoms with Gasteiger partial charge in [-0.2, -0.15) is 17.0 Å². The zero-order valence-electron chi connectivity index (χ0n) is 13.3. The lowest BCUT2D eigenvalue weighted by molar-refractivity contribution is 0.305. The molecule has 6 nitrogen and oxygen atoms in total. The van der Waals surface area contributed by atoms with Crippen molar-refractivity contribution in [2.75, 3.05) is 24.6 Å². The summed E-state index contributed by atoms with van der Waals surface area (Å²) in [5.41, 5.74) is 2.13. The molecule has 1 unspecified atom stereocenters. The summed E-state index contributed by atoms with van der Waals surface area (Å²) in [5.74, 6) is 2.22. The molecule has 0 aliphatic carbocycles. The molecule has 0 amide bonds. The summed E-state index contributed by atoms with van der Waals surface area (Å²) in [6.07, 6.45) is 6.28. The highest BCUT2D eigenvalue weighted by atomic mass is 32.2. The minimum Gasteiger partial charge on any atom is -0.229 e. The van der Waals surface area contributed by atoms with Crippen LogP contribution in [0.15, 0.2) is 24.3 Å². The highest BCUT2D eigenvalue weighted by Crippen LogP contribution is 2.26. The Bertz CT molecular complexity index is 872. The van der Waals surface area contributed by atoms with Crippen LogP contribution in [0.2, 0.25) is 0 Å². The second-order valence-electron chi connectivity index (χ2n) is 6.17. The molecule has 1 saturated heterocycles. The van der Waals surface area contributed by atoms with Crippen LogP contribution in [0, 0.1) is 12.3 Å². The molecule has 1 aromatic carbocycles. The molecule has 1 fully saturated rings. The third kappa shape index (κ3) is 3.35. The number of fused-ring (bicyclic) bond motifs is 1. The van der Waals surface area contributed by atoms with Crippen molar-refractivity contribution >= 4 is 20.0 Å².